The summed E-state index contributed by atoms with van der Waals surface area (Å²) >= 11 is 0. The van der Waals surface area contributed by atoms with Crippen LogP contribution in [0.2, 0.25) is 0 Å². The molecule has 24 heavy (non-hydrogen) atoms. The fourth-order valence-corrected chi connectivity index (χ4v) is 4.19. The second kappa shape index (κ2) is 5.59. The van der Waals surface area contributed by atoms with Crippen molar-refractivity contribution in [3.05, 3.63) is 71.8 Å². The van der Waals surface area contributed by atoms with Crippen molar-refractivity contribution in [1.82, 2.24) is 0 Å². The fourth-order valence-electron chi connectivity index (χ4n) is 4.19. The van der Waals surface area contributed by atoms with Crippen molar-refractivity contribution in [2.75, 3.05) is 0 Å². The maximum Gasteiger partial charge on any atom is 0.219 e. The third kappa shape index (κ3) is 2.04. The Morgan fingerprint density at radius 2 is 1.67 bits per heavy atom. The number of pyridine rings is 1. The van der Waals surface area contributed by atoms with Crippen molar-refractivity contribution in [2.45, 2.75) is 39.0 Å². The van der Waals surface area contributed by atoms with Crippen LogP contribution in [0.15, 0.2) is 60.7 Å². The number of nitrogens with zero attached hydrogens (tertiary/aromatic N) is 1. The zero-order valence-corrected chi connectivity index (χ0v) is 14.7. The second-order valence-corrected chi connectivity index (χ2v) is 6.82. The van der Waals surface area contributed by atoms with Gasteiger partial charge in [-0.25, -0.2) is 0 Å². The summed E-state index contributed by atoms with van der Waals surface area (Å²) in [5.74, 6) is 0. The van der Waals surface area contributed by atoms with Crippen LogP contribution in [0.3, 0.4) is 0 Å². The molecule has 2 aromatic carbocycles. The molecule has 0 spiro atoms. The Morgan fingerprint density at radius 1 is 0.875 bits per heavy atom. The first kappa shape index (κ1) is 15.1. The highest BCUT2D eigenvalue weighted by Gasteiger charge is 2.35. The summed E-state index contributed by atoms with van der Waals surface area (Å²) in [7, 11) is 0. The molecule has 1 aliphatic rings. The first-order valence-electron chi connectivity index (χ1n) is 8.93. The highest BCUT2D eigenvalue weighted by molar-refractivity contribution is 5.80. The Balaban J connectivity index is 2.16. The molecule has 0 saturated heterocycles. The number of fused-ring (bicyclic) bond motifs is 5. The van der Waals surface area contributed by atoms with Crippen molar-refractivity contribution in [3.8, 4) is 11.3 Å². The lowest BCUT2D eigenvalue weighted by Gasteiger charge is -2.29. The van der Waals surface area contributed by atoms with Gasteiger partial charge in [0.25, 0.3) is 0 Å². The number of aryl methyl sites for hydroxylation is 1. The molecule has 3 aromatic rings. The zero-order chi connectivity index (χ0) is 16.7. The van der Waals surface area contributed by atoms with Gasteiger partial charge in [-0.3, -0.25) is 0 Å². The maximum atomic E-state index is 2.42. The Hall–Kier alpha value is -2.41. The number of aromatic nitrogens is 1. The van der Waals surface area contributed by atoms with Crippen LogP contribution in [0, 0.1) is 6.92 Å². The first-order chi connectivity index (χ1) is 11.7. The predicted octanol–water partition coefficient (Wildman–Crippen LogP) is 5.64. The van der Waals surface area contributed by atoms with Gasteiger partial charge < -0.3 is 0 Å². The van der Waals surface area contributed by atoms with Crippen molar-refractivity contribution < 1.29 is 4.57 Å². The SMILES string of the molecule is CCC1(CC)C=C[n+]2c(ccc3ccccc32)-c2c(C)cccc21. The molecule has 0 amide bonds. The van der Waals surface area contributed by atoms with Gasteiger partial charge in [0.05, 0.1) is 5.56 Å². The van der Waals surface area contributed by atoms with Crippen LogP contribution in [-0.2, 0) is 5.41 Å². The van der Waals surface area contributed by atoms with Crippen LogP contribution >= 0.6 is 0 Å². The average Bonchev–Trinajstić information content (AvgIpc) is 2.77. The van der Waals surface area contributed by atoms with Gasteiger partial charge in [-0.05, 0) is 49.1 Å². The molecule has 1 nitrogen and oxygen atoms in total. The molecule has 0 N–H and O–H groups in total. The van der Waals surface area contributed by atoms with E-state index in [4.69, 9.17) is 0 Å². The molecule has 0 bridgehead atoms. The molecule has 0 aliphatic carbocycles. The van der Waals surface area contributed by atoms with Crippen molar-refractivity contribution >= 4 is 17.1 Å². The molecule has 1 aromatic heterocycles. The summed E-state index contributed by atoms with van der Waals surface area (Å²) in [4.78, 5) is 0. The Kier molecular flexibility index (Phi) is 3.53. The van der Waals surface area contributed by atoms with E-state index in [1.54, 1.807) is 0 Å². The zero-order valence-electron chi connectivity index (χ0n) is 14.7. The summed E-state index contributed by atoms with van der Waals surface area (Å²) in [5.41, 5.74) is 6.88. The molecule has 0 radical (unpaired) electrons. The first-order valence-corrected chi connectivity index (χ1v) is 8.93. The largest absolute Gasteiger partial charge is 0.219 e. The van der Waals surface area contributed by atoms with E-state index < -0.39 is 0 Å². The molecule has 0 fully saturated rings. The van der Waals surface area contributed by atoms with E-state index in [0.29, 0.717) is 0 Å². The van der Waals surface area contributed by atoms with Gasteiger partial charge in [0, 0.05) is 22.9 Å². The van der Waals surface area contributed by atoms with E-state index in [9.17, 15) is 0 Å². The number of hydrogen-bond acceptors (Lipinski definition) is 0. The van der Waals surface area contributed by atoms with Crippen LogP contribution in [0.25, 0.3) is 28.4 Å². The smallest absolute Gasteiger partial charge is 0.160 e. The second-order valence-electron chi connectivity index (χ2n) is 6.82. The summed E-state index contributed by atoms with van der Waals surface area (Å²) in [5, 5.41) is 1.28. The van der Waals surface area contributed by atoms with Crippen LogP contribution in [0.5, 0.6) is 0 Å². The fraction of sp³-hybridized carbons (Fsp3) is 0.261. The van der Waals surface area contributed by atoms with Crippen LogP contribution in [0.4, 0.5) is 0 Å². The molecule has 1 heteroatoms. The molecule has 1 aliphatic heterocycles. The van der Waals surface area contributed by atoms with Gasteiger partial charge in [-0.1, -0.05) is 44.2 Å². The minimum Gasteiger partial charge on any atom is -0.160 e. The van der Waals surface area contributed by atoms with Gasteiger partial charge in [-0.2, -0.15) is 4.57 Å². The van der Waals surface area contributed by atoms with Crippen molar-refractivity contribution in [2.24, 2.45) is 0 Å². The van der Waals surface area contributed by atoms with Gasteiger partial charge in [0.2, 0.25) is 11.2 Å². The third-order valence-electron chi connectivity index (χ3n) is 5.75. The minimum absolute atomic E-state index is 0.106. The summed E-state index contributed by atoms with van der Waals surface area (Å²) < 4.78 is 2.37. The third-order valence-corrected chi connectivity index (χ3v) is 5.75. The molecule has 2 heterocycles. The van der Waals surface area contributed by atoms with E-state index in [-0.39, 0.29) is 5.41 Å². The number of rotatable bonds is 2. The molecular weight excluding hydrogens is 290 g/mol. The summed E-state index contributed by atoms with van der Waals surface area (Å²) in [6, 6.07) is 19.9. The van der Waals surface area contributed by atoms with E-state index in [2.05, 4.69) is 92.2 Å². The van der Waals surface area contributed by atoms with Gasteiger partial charge in [0.1, 0.15) is 0 Å². The van der Waals surface area contributed by atoms with Crippen LogP contribution < -0.4 is 4.57 Å². The monoisotopic (exact) mass is 314 g/mol. The lowest BCUT2D eigenvalue weighted by Crippen LogP contribution is -2.30. The number of allylic oxidation sites excluding steroid dienone is 1. The standard InChI is InChI=1S/C23H24N/c1-4-23(5-2)15-16-24-20-12-7-6-10-18(20)13-14-21(24)22-17(3)9-8-11-19(22)23/h6-16H,4-5H2,1-3H3/q+1. The van der Waals surface area contributed by atoms with Crippen molar-refractivity contribution in [3.63, 3.8) is 0 Å². The van der Waals surface area contributed by atoms with Crippen LogP contribution in [-0.4, -0.2) is 0 Å². The van der Waals surface area contributed by atoms with Crippen LogP contribution in [0.1, 0.15) is 37.8 Å². The Morgan fingerprint density at radius 3 is 2.46 bits per heavy atom. The number of benzene rings is 2. The van der Waals surface area contributed by atoms with Gasteiger partial charge in [-0.15, -0.1) is 0 Å². The number of para-hydroxylation sites is 1. The van der Waals surface area contributed by atoms with E-state index in [0.717, 1.165) is 12.8 Å². The van der Waals surface area contributed by atoms with E-state index in [1.165, 1.54) is 33.3 Å². The van der Waals surface area contributed by atoms with E-state index in [1.807, 2.05) is 0 Å². The van der Waals surface area contributed by atoms with Crippen molar-refractivity contribution in [1.29, 1.82) is 0 Å². The maximum absolute atomic E-state index is 2.42. The predicted molar refractivity (Wildman–Crippen MR) is 102 cm³/mol. The lowest BCUT2D eigenvalue weighted by atomic mass is 9.73. The normalized spacial score (nSPS) is 15.0. The summed E-state index contributed by atoms with van der Waals surface area (Å²) in [6.07, 6.45) is 6.95. The molecule has 120 valence electrons. The minimum atomic E-state index is 0.106. The highest BCUT2D eigenvalue weighted by atomic mass is 15.0. The quantitative estimate of drug-likeness (QED) is 0.539. The van der Waals surface area contributed by atoms with Gasteiger partial charge in [0.15, 0.2) is 6.20 Å². The molecule has 0 unspecified atom stereocenters. The molecule has 0 saturated carbocycles. The number of hydrogen-bond donors (Lipinski definition) is 0. The molecule has 4 rings (SSSR count). The lowest BCUT2D eigenvalue weighted by molar-refractivity contribution is -0.526. The van der Waals surface area contributed by atoms with E-state index >= 15 is 0 Å². The Labute approximate surface area is 144 Å². The topological polar surface area (TPSA) is 3.88 Å². The highest BCUT2D eigenvalue weighted by Crippen LogP contribution is 2.42. The Bertz CT molecular complexity index is 945. The summed E-state index contributed by atoms with van der Waals surface area (Å²) in [6.45, 7) is 6.84. The van der Waals surface area contributed by atoms with Gasteiger partial charge >= 0.3 is 0 Å². The average molecular weight is 314 g/mol. The molecular formula is C23H24N+. The molecule has 0 atom stereocenters.